The van der Waals surface area contributed by atoms with Gasteiger partial charge >= 0.3 is 0 Å². The van der Waals surface area contributed by atoms with Crippen LogP contribution in [-0.4, -0.2) is 6.34 Å². The van der Waals surface area contributed by atoms with Gasteiger partial charge in [-0.2, -0.15) is 0 Å². The molecule has 0 aromatic rings. The van der Waals surface area contributed by atoms with Gasteiger partial charge in [-0.25, -0.2) is 4.99 Å². The summed E-state index contributed by atoms with van der Waals surface area (Å²) in [6, 6.07) is 0. The Morgan fingerprint density at radius 2 is 2.00 bits per heavy atom. The molecule has 0 saturated carbocycles. The highest BCUT2D eigenvalue weighted by atomic mass is 14.8. The average Bonchev–Trinajstić information content (AvgIpc) is 1.67. The molecular formula is C5H11N3. The lowest BCUT2D eigenvalue weighted by Crippen LogP contribution is -1.96. The Labute approximate surface area is 49.1 Å². The lowest BCUT2D eigenvalue weighted by Gasteiger charge is -1.91. The van der Waals surface area contributed by atoms with Crippen LogP contribution < -0.4 is 11.5 Å². The van der Waals surface area contributed by atoms with Crippen molar-refractivity contribution in [3.8, 4) is 0 Å². The fraction of sp³-hybridized carbons (Fsp3) is 0.400. The SMILES string of the molecule is C/C(N)=C(\C)N=CN. The molecule has 3 heteroatoms. The van der Waals surface area contributed by atoms with Crippen molar-refractivity contribution in [3.05, 3.63) is 11.4 Å². The molecule has 0 spiro atoms. The first-order valence-electron chi connectivity index (χ1n) is 2.35. The first-order valence-corrected chi connectivity index (χ1v) is 2.35. The Bertz CT molecular complexity index is 120. The van der Waals surface area contributed by atoms with Crippen LogP contribution in [0.3, 0.4) is 0 Å². The number of allylic oxidation sites excluding steroid dienone is 2. The van der Waals surface area contributed by atoms with Gasteiger partial charge in [-0.05, 0) is 13.8 Å². The Kier molecular flexibility index (Phi) is 2.69. The highest BCUT2D eigenvalue weighted by Crippen LogP contribution is 1.94. The van der Waals surface area contributed by atoms with Gasteiger partial charge in [-0.3, -0.25) is 0 Å². The zero-order chi connectivity index (χ0) is 6.57. The van der Waals surface area contributed by atoms with Crippen molar-refractivity contribution in [1.82, 2.24) is 0 Å². The van der Waals surface area contributed by atoms with E-state index in [0.717, 1.165) is 5.70 Å². The molecule has 0 bridgehead atoms. The Morgan fingerprint density at radius 3 is 2.12 bits per heavy atom. The Balaban J connectivity index is 4.00. The minimum Gasteiger partial charge on any atom is -0.401 e. The van der Waals surface area contributed by atoms with Crippen molar-refractivity contribution in [2.24, 2.45) is 16.5 Å². The van der Waals surface area contributed by atoms with Gasteiger partial charge in [0.15, 0.2) is 0 Å². The summed E-state index contributed by atoms with van der Waals surface area (Å²) in [6.45, 7) is 3.58. The van der Waals surface area contributed by atoms with Crippen LogP contribution in [0.4, 0.5) is 0 Å². The highest BCUT2D eigenvalue weighted by Gasteiger charge is 1.82. The standard InChI is InChI=1S/C5H11N3/c1-4(7)5(2)8-3-6/h3H,7H2,1-2H3,(H2,6,8)/b5-4-. The number of hydrogen-bond donors (Lipinski definition) is 2. The van der Waals surface area contributed by atoms with E-state index in [1.165, 1.54) is 6.34 Å². The first kappa shape index (κ1) is 7.01. The molecule has 46 valence electrons. The molecule has 0 atom stereocenters. The molecule has 0 saturated heterocycles. The molecule has 0 aliphatic carbocycles. The van der Waals surface area contributed by atoms with Crippen LogP contribution in [0.2, 0.25) is 0 Å². The normalized spacial score (nSPS) is 14.2. The van der Waals surface area contributed by atoms with E-state index in [4.69, 9.17) is 11.5 Å². The average molecular weight is 113 g/mol. The fourth-order valence-corrected chi connectivity index (χ4v) is 0.214. The van der Waals surface area contributed by atoms with Crippen LogP contribution >= 0.6 is 0 Å². The van der Waals surface area contributed by atoms with Gasteiger partial charge in [-0.15, -0.1) is 0 Å². The van der Waals surface area contributed by atoms with Crippen molar-refractivity contribution < 1.29 is 0 Å². The quantitative estimate of drug-likeness (QED) is 0.376. The van der Waals surface area contributed by atoms with Gasteiger partial charge in [0.1, 0.15) is 0 Å². The third kappa shape index (κ3) is 2.23. The summed E-state index contributed by atoms with van der Waals surface area (Å²) in [5, 5.41) is 0. The van der Waals surface area contributed by atoms with E-state index in [0.29, 0.717) is 5.70 Å². The van der Waals surface area contributed by atoms with Crippen LogP contribution in [0.15, 0.2) is 16.4 Å². The summed E-state index contributed by atoms with van der Waals surface area (Å²) in [5.74, 6) is 0. The van der Waals surface area contributed by atoms with Crippen LogP contribution in [0.1, 0.15) is 13.8 Å². The van der Waals surface area contributed by atoms with E-state index in [1.807, 2.05) is 0 Å². The lowest BCUT2D eigenvalue weighted by atomic mass is 10.4. The van der Waals surface area contributed by atoms with Crippen molar-refractivity contribution in [2.75, 3.05) is 0 Å². The van der Waals surface area contributed by atoms with Crippen LogP contribution in [0.5, 0.6) is 0 Å². The number of hydrogen-bond acceptors (Lipinski definition) is 2. The summed E-state index contributed by atoms with van der Waals surface area (Å²) in [6.07, 6.45) is 1.23. The second-order valence-corrected chi connectivity index (χ2v) is 1.55. The zero-order valence-corrected chi connectivity index (χ0v) is 5.18. The maximum Gasteiger partial charge on any atom is 0.0856 e. The zero-order valence-electron chi connectivity index (χ0n) is 5.18. The van der Waals surface area contributed by atoms with Gasteiger partial charge in [0.05, 0.1) is 12.0 Å². The van der Waals surface area contributed by atoms with E-state index in [9.17, 15) is 0 Å². The van der Waals surface area contributed by atoms with E-state index >= 15 is 0 Å². The molecule has 0 amide bonds. The summed E-state index contributed by atoms with van der Waals surface area (Å²) in [4.78, 5) is 3.73. The summed E-state index contributed by atoms with van der Waals surface area (Å²) < 4.78 is 0. The molecule has 0 heterocycles. The minimum atomic E-state index is 0.701. The van der Waals surface area contributed by atoms with Crippen molar-refractivity contribution in [1.29, 1.82) is 0 Å². The summed E-state index contributed by atoms with van der Waals surface area (Å²) in [5.41, 5.74) is 11.8. The third-order valence-electron chi connectivity index (χ3n) is 0.839. The van der Waals surface area contributed by atoms with Gasteiger partial charge in [0, 0.05) is 5.70 Å². The largest absolute Gasteiger partial charge is 0.401 e. The molecule has 0 radical (unpaired) electrons. The van der Waals surface area contributed by atoms with Crippen molar-refractivity contribution >= 4 is 6.34 Å². The molecule has 0 rings (SSSR count). The topological polar surface area (TPSA) is 64.4 Å². The van der Waals surface area contributed by atoms with Crippen molar-refractivity contribution in [2.45, 2.75) is 13.8 Å². The maximum atomic E-state index is 5.33. The minimum absolute atomic E-state index is 0.701. The third-order valence-corrected chi connectivity index (χ3v) is 0.839. The monoisotopic (exact) mass is 113 g/mol. The predicted molar refractivity (Wildman–Crippen MR) is 35.2 cm³/mol. The molecule has 3 nitrogen and oxygen atoms in total. The molecule has 0 aliphatic rings. The smallest absolute Gasteiger partial charge is 0.0856 e. The van der Waals surface area contributed by atoms with Gasteiger partial charge in [0.2, 0.25) is 0 Å². The maximum absolute atomic E-state index is 5.33. The van der Waals surface area contributed by atoms with Gasteiger partial charge in [0.25, 0.3) is 0 Å². The van der Waals surface area contributed by atoms with E-state index in [2.05, 4.69) is 4.99 Å². The molecule has 0 fully saturated rings. The summed E-state index contributed by atoms with van der Waals surface area (Å²) >= 11 is 0. The van der Waals surface area contributed by atoms with E-state index < -0.39 is 0 Å². The van der Waals surface area contributed by atoms with E-state index in [1.54, 1.807) is 13.8 Å². The Hall–Kier alpha value is -0.990. The number of aliphatic imine (C=N–C) groups is 1. The van der Waals surface area contributed by atoms with Crippen LogP contribution in [0, 0.1) is 0 Å². The molecule has 4 N–H and O–H groups in total. The number of rotatable bonds is 1. The molecule has 0 aromatic carbocycles. The van der Waals surface area contributed by atoms with E-state index in [-0.39, 0.29) is 0 Å². The second-order valence-electron chi connectivity index (χ2n) is 1.55. The molecule has 8 heavy (non-hydrogen) atoms. The Morgan fingerprint density at radius 1 is 1.50 bits per heavy atom. The fourth-order valence-electron chi connectivity index (χ4n) is 0.214. The predicted octanol–water partition coefficient (Wildman–Crippen LogP) is 0.184. The second kappa shape index (κ2) is 3.07. The molecular weight excluding hydrogens is 102 g/mol. The summed E-state index contributed by atoms with van der Waals surface area (Å²) in [7, 11) is 0. The molecule has 0 aliphatic heterocycles. The van der Waals surface area contributed by atoms with Crippen LogP contribution in [-0.2, 0) is 0 Å². The van der Waals surface area contributed by atoms with Gasteiger partial charge in [-0.1, -0.05) is 0 Å². The molecule has 0 aromatic heterocycles. The molecule has 0 unspecified atom stereocenters. The van der Waals surface area contributed by atoms with Crippen LogP contribution in [0.25, 0.3) is 0 Å². The van der Waals surface area contributed by atoms with Gasteiger partial charge < -0.3 is 11.5 Å². The first-order chi connectivity index (χ1) is 3.68. The number of nitrogens with zero attached hydrogens (tertiary/aromatic N) is 1. The lowest BCUT2D eigenvalue weighted by molar-refractivity contribution is 1.16. The highest BCUT2D eigenvalue weighted by molar-refractivity contribution is 5.53. The number of nitrogens with two attached hydrogens (primary N) is 2. The van der Waals surface area contributed by atoms with Crippen molar-refractivity contribution in [3.63, 3.8) is 0 Å².